The van der Waals surface area contributed by atoms with Crippen LogP contribution in [-0.4, -0.2) is 86.9 Å². The second-order valence-corrected chi connectivity index (χ2v) is 12.4. The first kappa shape index (κ1) is 31.1. The zero-order chi connectivity index (χ0) is 33.4. The van der Waals surface area contributed by atoms with Crippen molar-refractivity contribution in [1.29, 1.82) is 0 Å². The van der Waals surface area contributed by atoms with Gasteiger partial charge < -0.3 is 41.3 Å². The summed E-state index contributed by atoms with van der Waals surface area (Å²) in [7, 11) is 4.52. The van der Waals surface area contributed by atoms with Gasteiger partial charge in [-0.2, -0.15) is 0 Å². The molecular weight excluding hydrogens is 594 g/mol. The first-order valence-corrected chi connectivity index (χ1v) is 14.7. The van der Waals surface area contributed by atoms with Gasteiger partial charge in [0.15, 0.2) is 11.4 Å². The number of aromatic hydroxyl groups is 1. The molecule has 12 heteroatoms. The number of anilines is 1. The molecule has 0 spiro atoms. The lowest BCUT2D eigenvalue weighted by Gasteiger charge is -2.53. The number of ether oxygens (including phenoxy) is 1. The Bertz CT molecular complexity index is 1820. The number of likely N-dealkylation sites (N-methyl/N-ethyl adjacent to an activating group) is 1. The number of hydrogen-bond acceptors (Lipinski definition) is 11. The van der Waals surface area contributed by atoms with E-state index in [2.05, 4.69) is 5.32 Å². The number of nitrogens with two attached hydrogens (primary N) is 1. The van der Waals surface area contributed by atoms with Crippen LogP contribution in [0.3, 0.4) is 0 Å². The Balaban J connectivity index is 1.42. The molecule has 0 aromatic heterocycles. The largest absolute Gasteiger partial charge is 0.508 e. The van der Waals surface area contributed by atoms with Crippen molar-refractivity contribution < 1.29 is 44.7 Å². The zero-order valence-corrected chi connectivity index (χ0v) is 25.6. The van der Waals surface area contributed by atoms with Crippen LogP contribution in [0.5, 0.6) is 11.5 Å². The fourth-order valence-corrected chi connectivity index (χ4v) is 7.49. The lowest BCUT2D eigenvalue weighted by Crippen LogP contribution is -2.70. The molecule has 1 fully saturated rings. The smallest absolute Gasteiger partial charge is 0.255 e. The van der Waals surface area contributed by atoms with E-state index in [4.69, 9.17) is 10.5 Å². The molecule has 1 saturated carbocycles. The quantitative estimate of drug-likeness (QED) is 0.182. The molecule has 0 unspecified atom stereocenters. The number of aliphatic hydroxyl groups excluding tert-OH is 3. The van der Waals surface area contributed by atoms with Crippen LogP contribution in [0.4, 0.5) is 5.69 Å². The number of allylic oxidation sites excluding steroid dienone is 3. The maximum Gasteiger partial charge on any atom is 0.255 e. The van der Waals surface area contributed by atoms with Crippen LogP contribution in [0.25, 0.3) is 11.3 Å². The lowest BCUT2D eigenvalue weighted by molar-refractivity contribution is -0.169. The number of primary amides is 1. The van der Waals surface area contributed by atoms with Crippen LogP contribution in [0.1, 0.15) is 36.0 Å². The van der Waals surface area contributed by atoms with Crippen molar-refractivity contribution >= 4 is 34.5 Å². The monoisotopic (exact) mass is 629 g/mol. The number of phenolic OH excluding ortho intramolecular Hbond substituents is 1. The van der Waals surface area contributed by atoms with E-state index in [9.17, 15) is 39.9 Å². The van der Waals surface area contributed by atoms with Crippen LogP contribution in [0.2, 0.25) is 0 Å². The summed E-state index contributed by atoms with van der Waals surface area (Å²) >= 11 is 0. The zero-order valence-electron chi connectivity index (χ0n) is 25.6. The third-order valence-corrected chi connectivity index (χ3v) is 9.72. The van der Waals surface area contributed by atoms with Gasteiger partial charge in [-0.25, -0.2) is 0 Å². The predicted octanol–water partition coefficient (Wildman–Crippen LogP) is 2.29. The molecule has 1 amide bonds. The van der Waals surface area contributed by atoms with E-state index in [1.165, 1.54) is 19.0 Å². The summed E-state index contributed by atoms with van der Waals surface area (Å²) in [6, 6.07) is 9.46. The van der Waals surface area contributed by atoms with Gasteiger partial charge in [-0.15, -0.1) is 0 Å². The van der Waals surface area contributed by atoms with Crippen LogP contribution < -0.4 is 15.8 Å². The van der Waals surface area contributed by atoms with Gasteiger partial charge in [0.25, 0.3) is 5.91 Å². The van der Waals surface area contributed by atoms with Gasteiger partial charge in [0.1, 0.15) is 28.6 Å². The number of nitrogens with zero attached hydrogens (tertiary/aromatic N) is 1. The molecule has 46 heavy (non-hydrogen) atoms. The van der Waals surface area contributed by atoms with Crippen LogP contribution in [0, 0.1) is 11.8 Å². The van der Waals surface area contributed by atoms with Gasteiger partial charge in [-0.05, 0) is 61.0 Å². The molecule has 6 atom stereocenters. The first-order chi connectivity index (χ1) is 21.7. The Morgan fingerprint density at radius 3 is 2.37 bits per heavy atom. The number of hydrogen-bond donors (Lipinski definition) is 7. The summed E-state index contributed by atoms with van der Waals surface area (Å²) in [5, 5.41) is 60.9. The Hall–Kier alpha value is -4.91. The fraction of sp³-hybridized carbons (Fsp3) is 0.324. The molecule has 6 rings (SSSR count). The number of methoxy groups -OCH3 is 1. The van der Waals surface area contributed by atoms with Gasteiger partial charge in [0, 0.05) is 23.6 Å². The van der Waals surface area contributed by atoms with E-state index in [1.807, 2.05) is 36.4 Å². The van der Waals surface area contributed by atoms with Crippen LogP contribution >= 0.6 is 0 Å². The number of phenols is 1. The standard InChI is InChI=1S/C34H35N3O9/c1-14-19-11-12-20(36-17-8-5-16(13-17)15-6-9-18(46-4)10-7-15)27(38)22(19)28(39)23-21(14)29(40)25-26(37(2)3)30(41)24(33(35)44)32(43)34(25,45)31(23)42/h5-7,9-14,21,25-26,29,36,38-40,43,45H,8H2,1-4H3,(H2,35,44)/t14-,21+,25+,26-,29-,34-/m0/s1. The maximum atomic E-state index is 14.2. The van der Waals surface area contributed by atoms with E-state index in [1.54, 1.807) is 26.2 Å². The second kappa shape index (κ2) is 10.9. The summed E-state index contributed by atoms with van der Waals surface area (Å²) in [5.41, 5.74) is 4.28. The molecule has 8 N–H and O–H groups in total. The highest BCUT2D eigenvalue weighted by Crippen LogP contribution is 2.56. The predicted molar refractivity (Wildman–Crippen MR) is 168 cm³/mol. The number of carbonyl (C=O) groups is 3. The molecule has 0 bridgehead atoms. The minimum Gasteiger partial charge on any atom is -0.508 e. The highest BCUT2D eigenvalue weighted by molar-refractivity contribution is 6.24. The molecule has 0 heterocycles. The van der Waals surface area contributed by atoms with E-state index in [0.29, 0.717) is 12.0 Å². The molecule has 0 aliphatic heterocycles. The third-order valence-electron chi connectivity index (χ3n) is 9.72. The Morgan fingerprint density at radius 2 is 1.76 bits per heavy atom. The number of carbonyl (C=O) groups excluding carboxylic acids is 3. The number of aliphatic hydroxyl groups is 4. The molecule has 4 aliphatic carbocycles. The average molecular weight is 630 g/mol. The molecule has 2 aromatic carbocycles. The van der Waals surface area contributed by atoms with Crippen molar-refractivity contribution in [1.82, 2.24) is 4.90 Å². The number of fused-ring (bicyclic) bond motifs is 3. The molecule has 2 aromatic rings. The third kappa shape index (κ3) is 4.28. The molecule has 12 nitrogen and oxygen atoms in total. The molecule has 4 aliphatic rings. The average Bonchev–Trinajstić information content (AvgIpc) is 3.48. The van der Waals surface area contributed by atoms with Crippen molar-refractivity contribution in [2.45, 2.75) is 37.0 Å². The van der Waals surface area contributed by atoms with Gasteiger partial charge in [0.05, 0.1) is 36.4 Å². The van der Waals surface area contributed by atoms with Crippen molar-refractivity contribution in [3.8, 4) is 11.5 Å². The number of ketones is 2. The first-order valence-electron chi connectivity index (χ1n) is 14.7. The summed E-state index contributed by atoms with van der Waals surface area (Å²) in [6.45, 7) is 1.69. The van der Waals surface area contributed by atoms with Crippen LogP contribution in [-0.2, 0) is 14.4 Å². The van der Waals surface area contributed by atoms with Crippen LogP contribution in [0.15, 0.2) is 71.2 Å². The van der Waals surface area contributed by atoms with E-state index < -0.39 is 75.6 Å². The van der Waals surface area contributed by atoms with E-state index in [0.717, 1.165) is 22.6 Å². The number of rotatable bonds is 6. The van der Waals surface area contributed by atoms with Gasteiger partial charge in [-0.1, -0.05) is 31.2 Å². The minimum absolute atomic E-state index is 0.0806. The maximum absolute atomic E-state index is 14.2. The van der Waals surface area contributed by atoms with Crippen molar-refractivity contribution in [2.75, 3.05) is 26.5 Å². The Labute approximate surface area is 264 Å². The van der Waals surface area contributed by atoms with Gasteiger partial charge in [0.2, 0.25) is 5.78 Å². The summed E-state index contributed by atoms with van der Waals surface area (Å²) in [6.07, 6.45) is 2.82. The van der Waals surface area contributed by atoms with Gasteiger partial charge >= 0.3 is 0 Å². The van der Waals surface area contributed by atoms with Gasteiger partial charge in [-0.3, -0.25) is 19.3 Å². The fourth-order valence-electron chi connectivity index (χ4n) is 7.49. The molecule has 0 saturated heterocycles. The number of benzene rings is 2. The highest BCUT2D eigenvalue weighted by Gasteiger charge is 2.68. The summed E-state index contributed by atoms with van der Waals surface area (Å²) in [5.74, 6) is -8.55. The van der Waals surface area contributed by atoms with Crippen molar-refractivity contribution in [2.24, 2.45) is 17.6 Å². The molecular formula is C34H35N3O9. The lowest BCUT2D eigenvalue weighted by atomic mass is 9.54. The SMILES string of the molecule is COc1ccc(C2=CCC(Nc3ccc4c(c3O)C(O)=C3C(=O)[C@]5(O)C(O)=C(C(N)=O)C(=O)[C@@H](N(C)C)[C@@H]5[C@@H](O)[C@@H]3[C@H]4C)=C2)cc1. The van der Waals surface area contributed by atoms with Crippen molar-refractivity contribution in [3.05, 3.63) is 87.8 Å². The molecule has 0 radical (unpaired) electrons. The molecule has 240 valence electrons. The number of amides is 1. The Kier molecular flexibility index (Phi) is 7.34. The Morgan fingerprint density at radius 1 is 1.09 bits per heavy atom. The van der Waals surface area contributed by atoms with E-state index >= 15 is 0 Å². The second-order valence-electron chi connectivity index (χ2n) is 12.4. The van der Waals surface area contributed by atoms with E-state index in [-0.39, 0.29) is 17.0 Å². The minimum atomic E-state index is -2.96. The summed E-state index contributed by atoms with van der Waals surface area (Å²) in [4.78, 5) is 41.1. The normalized spacial score (nSPS) is 28.8. The van der Waals surface area contributed by atoms with Crippen molar-refractivity contribution in [3.63, 3.8) is 0 Å². The highest BCUT2D eigenvalue weighted by atomic mass is 16.5. The number of Topliss-reactive ketones (excluding diaryl/α,β-unsaturated/α-hetero) is 2. The topological polar surface area (TPSA) is 203 Å². The summed E-state index contributed by atoms with van der Waals surface area (Å²) < 4.78 is 5.23. The number of nitrogens with one attached hydrogen (secondary N) is 1.